The Morgan fingerprint density at radius 1 is 1.03 bits per heavy atom. The number of hydrogen-bond donors (Lipinski definition) is 3. The number of nitrogens with zero attached hydrogens (tertiary/aromatic N) is 4. The summed E-state index contributed by atoms with van der Waals surface area (Å²) in [7, 11) is 0. The Morgan fingerprint density at radius 2 is 1.89 bits per heavy atom. The molecular formula is C29H24N6O3. The zero-order valence-corrected chi connectivity index (χ0v) is 20.4. The van der Waals surface area contributed by atoms with Gasteiger partial charge in [-0.1, -0.05) is 30.3 Å². The van der Waals surface area contributed by atoms with E-state index in [1.54, 1.807) is 17.2 Å². The Balaban J connectivity index is 1.14. The van der Waals surface area contributed by atoms with Gasteiger partial charge in [0.2, 0.25) is 5.91 Å². The normalized spacial score (nSPS) is 20.7. The van der Waals surface area contributed by atoms with Gasteiger partial charge in [-0.2, -0.15) is 0 Å². The average molecular weight is 505 g/mol. The second-order valence-electron chi connectivity index (χ2n) is 10.0. The standard InChI is InChI=1S/C29H24N6O3/c36-15-21-11-17-4-1-2-6-24(17)35(21)27(37)23-12-25(32-16-31-23)33-20-8-7-18-13-29(14-19(18)10-20)22-5-3-9-30-26(22)34-28(29)38/h1-10,12,16,21,36H,11,13-15H2,(H,30,34,38)(H,31,32,33). The van der Waals surface area contributed by atoms with Crippen molar-refractivity contribution >= 4 is 34.8 Å². The van der Waals surface area contributed by atoms with E-state index in [9.17, 15) is 14.7 Å². The highest BCUT2D eigenvalue weighted by atomic mass is 16.3. The van der Waals surface area contributed by atoms with Gasteiger partial charge < -0.3 is 20.6 Å². The van der Waals surface area contributed by atoms with Gasteiger partial charge in [0, 0.05) is 29.2 Å². The maximum atomic E-state index is 13.5. The minimum absolute atomic E-state index is 0.0134. The number of hydrogen-bond acceptors (Lipinski definition) is 7. The van der Waals surface area contributed by atoms with Crippen molar-refractivity contribution in [3.8, 4) is 0 Å². The number of carbonyl (C=O) groups excluding carboxylic acids is 2. The van der Waals surface area contributed by atoms with Gasteiger partial charge in [0.25, 0.3) is 5.91 Å². The molecule has 1 aliphatic carbocycles. The molecule has 0 radical (unpaired) electrons. The van der Waals surface area contributed by atoms with Crippen molar-refractivity contribution in [1.29, 1.82) is 0 Å². The lowest BCUT2D eigenvalue weighted by Crippen LogP contribution is -2.40. The number of aromatic nitrogens is 3. The number of benzene rings is 2. The summed E-state index contributed by atoms with van der Waals surface area (Å²) in [6, 6.07) is 18.8. The fraction of sp³-hybridized carbons (Fsp3) is 0.207. The summed E-state index contributed by atoms with van der Waals surface area (Å²) in [5.41, 5.74) is 5.40. The Kier molecular flexibility index (Phi) is 5.02. The van der Waals surface area contributed by atoms with Crippen LogP contribution in [0.15, 0.2) is 73.2 Å². The van der Waals surface area contributed by atoms with Gasteiger partial charge in [0.15, 0.2) is 0 Å². The molecule has 1 spiro atoms. The van der Waals surface area contributed by atoms with E-state index in [0.29, 0.717) is 30.9 Å². The fourth-order valence-electron chi connectivity index (χ4n) is 6.04. The second-order valence-corrected chi connectivity index (χ2v) is 10.0. The zero-order valence-electron chi connectivity index (χ0n) is 20.4. The third kappa shape index (κ3) is 3.39. The van der Waals surface area contributed by atoms with Crippen molar-refractivity contribution in [3.05, 3.63) is 101 Å². The summed E-state index contributed by atoms with van der Waals surface area (Å²) >= 11 is 0. The predicted molar refractivity (Wildman–Crippen MR) is 142 cm³/mol. The fourth-order valence-corrected chi connectivity index (χ4v) is 6.04. The van der Waals surface area contributed by atoms with E-state index in [1.807, 2.05) is 54.6 Å². The van der Waals surface area contributed by atoms with E-state index in [1.165, 1.54) is 6.33 Å². The highest BCUT2D eigenvalue weighted by molar-refractivity contribution is 6.07. The number of aliphatic hydroxyl groups is 1. The predicted octanol–water partition coefficient (Wildman–Crippen LogP) is 3.17. The van der Waals surface area contributed by atoms with E-state index < -0.39 is 5.41 Å². The molecular weight excluding hydrogens is 480 g/mol. The van der Waals surface area contributed by atoms with Crippen molar-refractivity contribution in [2.24, 2.45) is 0 Å². The maximum Gasteiger partial charge on any atom is 0.277 e. The van der Waals surface area contributed by atoms with Crippen LogP contribution in [0.25, 0.3) is 0 Å². The number of rotatable bonds is 4. The molecule has 3 aliphatic rings. The van der Waals surface area contributed by atoms with Crippen molar-refractivity contribution in [2.45, 2.75) is 30.7 Å². The molecule has 3 N–H and O–H groups in total. The lowest BCUT2D eigenvalue weighted by Gasteiger charge is -2.23. The van der Waals surface area contributed by atoms with Crippen LogP contribution in [-0.4, -0.2) is 44.5 Å². The summed E-state index contributed by atoms with van der Waals surface area (Å²) in [4.78, 5) is 41.0. The van der Waals surface area contributed by atoms with E-state index in [0.717, 1.165) is 33.6 Å². The number of amides is 2. The van der Waals surface area contributed by atoms with Gasteiger partial charge in [-0.15, -0.1) is 0 Å². The molecule has 0 saturated heterocycles. The van der Waals surface area contributed by atoms with Gasteiger partial charge >= 0.3 is 0 Å². The summed E-state index contributed by atoms with van der Waals surface area (Å²) in [5, 5.41) is 16.1. The van der Waals surface area contributed by atoms with Gasteiger partial charge in [-0.25, -0.2) is 15.0 Å². The van der Waals surface area contributed by atoms with Gasteiger partial charge in [-0.05, 0) is 60.2 Å². The van der Waals surface area contributed by atoms with E-state index in [4.69, 9.17) is 0 Å². The Labute approximate surface area is 218 Å². The summed E-state index contributed by atoms with van der Waals surface area (Å²) in [5.74, 6) is 0.832. The highest BCUT2D eigenvalue weighted by Crippen LogP contribution is 2.47. The SMILES string of the molecule is O=C(c1cc(Nc2ccc3c(c2)CC2(C3)C(=O)Nc3ncccc32)ncn1)N1c2ccccc2CC1CO. The zero-order chi connectivity index (χ0) is 25.9. The molecule has 0 fully saturated rings. The summed E-state index contributed by atoms with van der Waals surface area (Å²) in [6.45, 7) is -0.133. The molecule has 4 heterocycles. The Bertz CT molecular complexity index is 1620. The lowest BCUT2D eigenvalue weighted by molar-refractivity contribution is -0.120. The van der Waals surface area contributed by atoms with Crippen LogP contribution in [-0.2, 0) is 29.5 Å². The largest absolute Gasteiger partial charge is 0.394 e. The first-order valence-electron chi connectivity index (χ1n) is 12.6. The van der Waals surface area contributed by atoms with Crippen molar-refractivity contribution in [3.63, 3.8) is 0 Å². The van der Waals surface area contributed by atoms with Crippen molar-refractivity contribution in [2.75, 3.05) is 22.1 Å². The van der Waals surface area contributed by atoms with E-state index >= 15 is 0 Å². The first kappa shape index (κ1) is 22.6. The number of anilines is 4. The third-order valence-electron chi connectivity index (χ3n) is 7.84. The van der Waals surface area contributed by atoms with Crippen LogP contribution < -0.4 is 15.5 Å². The van der Waals surface area contributed by atoms with E-state index in [-0.39, 0.29) is 30.2 Å². The Hall–Kier alpha value is -4.63. The topological polar surface area (TPSA) is 120 Å². The molecule has 2 aromatic heterocycles. The van der Waals surface area contributed by atoms with Crippen LogP contribution in [0.3, 0.4) is 0 Å². The molecule has 7 rings (SSSR count). The van der Waals surface area contributed by atoms with Crippen LogP contribution >= 0.6 is 0 Å². The third-order valence-corrected chi connectivity index (χ3v) is 7.84. The molecule has 0 saturated carbocycles. The van der Waals surface area contributed by atoms with Crippen LogP contribution in [0.1, 0.15) is 32.7 Å². The van der Waals surface area contributed by atoms with Gasteiger partial charge in [-0.3, -0.25) is 9.59 Å². The molecule has 38 heavy (non-hydrogen) atoms. The number of pyridine rings is 1. The number of carbonyl (C=O) groups is 2. The molecule has 2 aromatic carbocycles. The molecule has 2 amide bonds. The minimum atomic E-state index is -0.631. The molecule has 4 aromatic rings. The summed E-state index contributed by atoms with van der Waals surface area (Å²) < 4.78 is 0. The van der Waals surface area contributed by atoms with E-state index in [2.05, 4.69) is 25.6 Å². The molecule has 9 nitrogen and oxygen atoms in total. The molecule has 2 atom stereocenters. The van der Waals surface area contributed by atoms with Crippen molar-refractivity contribution in [1.82, 2.24) is 15.0 Å². The lowest BCUT2D eigenvalue weighted by atomic mass is 9.79. The smallest absolute Gasteiger partial charge is 0.277 e. The molecule has 9 heteroatoms. The molecule has 0 bridgehead atoms. The van der Waals surface area contributed by atoms with Gasteiger partial charge in [0.05, 0.1) is 18.1 Å². The number of nitrogens with one attached hydrogen (secondary N) is 2. The molecule has 188 valence electrons. The Morgan fingerprint density at radius 3 is 2.79 bits per heavy atom. The van der Waals surface area contributed by atoms with Crippen molar-refractivity contribution < 1.29 is 14.7 Å². The van der Waals surface area contributed by atoms with Crippen LogP contribution in [0.5, 0.6) is 0 Å². The average Bonchev–Trinajstić information content (AvgIpc) is 3.59. The minimum Gasteiger partial charge on any atom is -0.394 e. The number of para-hydroxylation sites is 1. The second kappa shape index (κ2) is 8.46. The number of aliphatic hydroxyl groups excluding tert-OH is 1. The number of fused-ring (bicyclic) bond motifs is 4. The first-order valence-corrected chi connectivity index (χ1v) is 12.6. The molecule has 2 unspecified atom stereocenters. The highest BCUT2D eigenvalue weighted by Gasteiger charge is 2.51. The summed E-state index contributed by atoms with van der Waals surface area (Å²) in [6.07, 6.45) is 4.87. The first-order chi connectivity index (χ1) is 18.6. The maximum absolute atomic E-state index is 13.5. The monoisotopic (exact) mass is 504 g/mol. The quantitative estimate of drug-likeness (QED) is 0.390. The van der Waals surface area contributed by atoms with Crippen LogP contribution in [0.4, 0.5) is 23.0 Å². The van der Waals surface area contributed by atoms with Crippen LogP contribution in [0.2, 0.25) is 0 Å². The van der Waals surface area contributed by atoms with Crippen LogP contribution in [0, 0.1) is 0 Å². The van der Waals surface area contributed by atoms with Gasteiger partial charge in [0.1, 0.15) is 23.7 Å². The molecule has 2 aliphatic heterocycles.